The number of carbonyl (C=O) groups is 8. The fourth-order valence-corrected chi connectivity index (χ4v) is 19.3. The third-order valence-corrected chi connectivity index (χ3v) is 20.6. The fourth-order valence-electron chi connectivity index (χ4n) is 3.97. The van der Waals surface area contributed by atoms with E-state index in [1.807, 2.05) is 0 Å². The zero-order valence-electron chi connectivity index (χ0n) is 17.5. The molecule has 8 amide bonds. The average molecular weight is 552 g/mol. The molecule has 0 heterocycles. The first-order chi connectivity index (χ1) is 16.1. The van der Waals surface area contributed by atoms with Gasteiger partial charge in [-0.2, -0.15) is 0 Å². The van der Waals surface area contributed by atoms with E-state index in [1.54, 1.807) is 0 Å². The molecule has 0 saturated heterocycles. The Morgan fingerprint density at radius 2 is 0.606 bits per heavy atom. The molecule has 0 aromatic carbocycles. The monoisotopic (exact) mass is 550 g/mol. The second-order valence-electron chi connectivity index (χ2n) is 6.45. The van der Waals surface area contributed by atoms with Gasteiger partial charge in [-0.05, 0) is 0 Å². The normalized spacial score (nSPS) is 15.3. The molecule has 4 atom stereocenters. The summed E-state index contributed by atoms with van der Waals surface area (Å²) in [6, 6.07) is 0. The Bertz CT molecular complexity index is 548. The first kappa shape index (κ1) is 29.6. The van der Waals surface area contributed by atoms with Crippen LogP contribution in [0, 0.1) is 0 Å². The van der Waals surface area contributed by atoms with Crippen LogP contribution < -0.4 is 42.5 Å². The predicted octanol–water partition coefficient (Wildman–Crippen LogP) is -6.59. The molecule has 0 spiro atoms. The number of rotatable bonds is 24. The van der Waals surface area contributed by atoms with Crippen molar-refractivity contribution < 1.29 is 58.6 Å². The summed E-state index contributed by atoms with van der Waals surface area (Å²) < 4.78 is -3.76. The molecular formula is C16H28N8O8Zr. The van der Waals surface area contributed by atoms with Gasteiger partial charge in [0.2, 0.25) is 0 Å². The van der Waals surface area contributed by atoms with Crippen molar-refractivity contribution in [3.63, 3.8) is 0 Å². The number of hydrogen-bond acceptors (Lipinski definition) is 8. The number of carbonyl (C=O) groups excluding carboxylic acids is 8. The molecule has 0 aromatic rings. The van der Waals surface area contributed by atoms with Crippen molar-refractivity contribution in [2.45, 2.75) is 15.0 Å². The number of nitrogens with one attached hydrogen (secondary N) is 8. The van der Waals surface area contributed by atoms with Crippen LogP contribution in [0.3, 0.4) is 0 Å². The molecule has 17 heteroatoms. The summed E-state index contributed by atoms with van der Waals surface area (Å²) in [6.07, 6.45) is 2.79. The Labute approximate surface area is 193 Å². The maximum absolute atomic E-state index is 11.5. The minimum absolute atomic E-state index is 0.188. The van der Waals surface area contributed by atoms with Gasteiger partial charge >= 0.3 is 194 Å². The van der Waals surface area contributed by atoms with Crippen molar-refractivity contribution in [2.75, 3.05) is 26.2 Å². The van der Waals surface area contributed by atoms with E-state index >= 15 is 0 Å². The molecule has 0 fully saturated rings. The fraction of sp³-hybridized carbons (Fsp3) is 0.500. The van der Waals surface area contributed by atoms with Crippen LogP contribution in [-0.4, -0.2) is 92.5 Å². The van der Waals surface area contributed by atoms with Crippen LogP contribution in [0.5, 0.6) is 0 Å². The quantitative estimate of drug-likeness (QED) is 0.0536. The van der Waals surface area contributed by atoms with E-state index in [0.717, 1.165) is 0 Å². The first-order valence-electron chi connectivity index (χ1n) is 9.55. The Morgan fingerprint density at radius 1 is 0.394 bits per heavy atom. The van der Waals surface area contributed by atoms with E-state index in [-0.39, 0.29) is 26.2 Å². The number of amides is 8. The zero-order valence-corrected chi connectivity index (χ0v) is 20.0. The topological polar surface area (TPSA) is 233 Å². The van der Waals surface area contributed by atoms with Crippen LogP contribution in [0.15, 0.2) is 0 Å². The van der Waals surface area contributed by atoms with E-state index in [4.69, 9.17) is 0 Å². The molecule has 0 aliphatic heterocycles. The molecule has 0 radical (unpaired) electrons. The Balaban J connectivity index is 7.24. The van der Waals surface area contributed by atoms with E-state index in [1.165, 1.54) is 0 Å². The van der Waals surface area contributed by atoms with Gasteiger partial charge in [-0.3, -0.25) is 0 Å². The van der Waals surface area contributed by atoms with Gasteiger partial charge in [-0.25, -0.2) is 0 Å². The van der Waals surface area contributed by atoms with Gasteiger partial charge in [-0.15, -0.1) is 0 Å². The van der Waals surface area contributed by atoms with Crippen molar-refractivity contribution in [2.24, 2.45) is 0 Å². The first-order valence-corrected chi connectivity index (χ1v) is 15.2. The van der Waals surface area contributed by atoms with Crippen LogP contribution in [0.1, 0.15) is 0 Å². The summed E-state index contributed by atoms with van der Waals surface area (Å²) in [6.45, 7) is -0.751. The summed E-state index contributed by atoms with van der Waals surface area (Å²) in [7, 11) is 0. The minimum atomic E-state index is -4.89. The molecule has 0 saturated carbocycles. The van der Waals surface area contributed by atoms with Gasteiger partial charge in [0, 0.05) is 0 Å². The van der Waals surface area contributed by atoms with Gasteiger partial charge in [0.15, 0.2) is 0 Å². The molecule has 0 aliphatic rings. The third kappa shape index (κ3) is 8.59. The molecule has 4 unspecified atom stereocenters. The summed E-state index contributed by atoms with van der Waals surface area (Å²) in [5.74, 6) is 0. The van der Waals surface area contributed by atoms with Gasteiger partial charge in [0.05, 0.1) is 0 Å². The Kier molecular flexibility index (Phi) is 16.4. The van der Waals surface area contributed by atoms with Crippen LogP contribution in [0.2, 0.25) is 0 Å². The van der Waals surface area contributed by atoms with Crippen LogP contribution in [0.25, 0.3) is 0 Å². The molecule has 8 N–H and O–H groups in total. The second-order valence-corrected chi connectivity index (χ2v) is 18.2. The SMILES string of the molecule is O=CNC[CH](NC=O)[Zr]([CH](CNC=O)NC=O)([CH](CNC=O)NC=O)[CH](CNC=O)NC=O. The zero-order chi connectivity index (χ0) is 25.0. The van der Waals surface area contributed by atoms with Crippen LogP contribution in [0.4, 0.5) is 0 Å². The number of hydrogen-bond donors (Lipinski definition) is 8. The van der Waals surface area contributed by atoms with E-state index in [2.05, 4.69) is 42.5 Å². The average Bonchev–Trinajstić information content (AvgIpc) is 2.82. The summed E-state index contributed by atoms with van der Waals surface area (Å²) in [5, 5.41) is 20.0. The van der Waals surface area contributed by atoms with E-state index in [9.17, 15) is 38.4 Å². The van der Waals surface area contributed by atoms with Crippen molar-refractivity contribution in [3.8, 4) is 0 Å². The second kappa shape index (κ2) is 18.2. The van der Waals surface area contributed by atoms with Crippen molar-refractivity contribution in [1.29, 1.82) is 0 Å². The molecule has 0 rings (SSSR count). The van der Waals surface area contributed by atoms with Gasteiger partial charge < -0.3 is 0 Å². The van der Waals surface area contributed by atoms with Crippen molar-refractivity contribution in [1.82, 2.24) is 42.5 Å². The van der Waals surface area contributed by atoms with Gasteiger partial charge in [0.1, 0.15) is 0 Å². The van der Waals surface area contributed by atoms with E-state index < -0.39 is 35.3 Å². The summed E-state index contributed by atoms with van der Waals surface area (Å²) in [5.41, 5.74) is 0. The Hall–Kier alpha value is -3.36. The maximum atomic E-state index is 11.5. The summed E-state index contributed by atoms with van der Waals surface area (Å²) in [4.78, 5) is 90.3. The Morgan fingerprint density at radius 3 is 0.758 bits per heavy atom. The molecule has 184 valence electrons. The van der Waals surface area contributed by atoms with Crippen LogP contribution in [-0.2, 0) is 58.6 Å². The van der Waals surface area contributed by atoms with Crippen molar-refractivity contribution in [3.05, 3.63) is 0 Å². The van der Waals surface area contributed by atoms with Crippen molar-refractivity contribution >= 4 is 51.3 Å². The predicted molar refractivity (Wildman–Crippen MR) is 108 cm³/mol. The third-order valence-electron chi connectivity index (χ3n) is 5.11. The van der Waals surface area contributed by atoms with Gasteiger partial charge in [0.25, 0.3) is 0 Å². The van der Waals surface area contributed by atoms with Crippen LogP contribution >= 0.6 is 0 Å². The molecule has 0 bridgehead atoms. The van der Waals surface area contributed by atoms with E-state index in [0.29, 0.717) is 51.3 Å². The molecule has 0 aromatic heterocycles. The summed E-state index contributed by atoms with van der Waals surface area (Å²) >= 11 is -4.89. The molecular weight excluding hydrogens is 523 g/mol. The molecule has 0 aliphatic carbocycles. The standard InChI is InChI=1S/4C4H7N2O2.Zr/c4*7-3-5-1-2-6-4-8;/h4*1,3-4H,2H2,(H,5,7)(H,6,8);. The molecule has 16 nitrogen and oxygen atoms in total. The van der Waals surface area contributed by atoms with Gasteiger partial charge in [-0.1, -0.05) is 0 Å². The molecule has 33 heavy (non-hydrogen) atoms.